The summed E-state index contributed by atoms with van der Waals surface area (Å²) in [6, 6.07) is 17.4. The molecule has 3 rings (SSSR count). The minimum absolute atomic E-state index is 0.0763. The number of ketones is 1. The Morgan fingerprint density at radius 2 is 1.58 bits per heavy atom. The van der Waals surface area contributed by atoms with E-state index in [1.165, 1.54) is 0 Å². The number of nitrogens with one attached hydrogen (secondary N) is 1. The molecule has 128 valence electrons. The van der Waals surface area contributed by atoms with Gasteiger partial charge in [0.05, 0.1) is 0 Å². The van der Waals surface area contributed by atoms with E-state index in [0.717, 1.165) is 35.7 Å². The maximum atomic E-state index is 12.5. The van der Waals surface area contributed by atoms with E-state index >= 15 is 0 Å². The number of carbonyl (C=O) groups is 1. The lowest BCUT2D eigenvalue weighted by Crippen LogP contribution is -2.01. The monoisotopic (exact) mass is 326 g/mol. The smallest absolute Gasteiger partial charge is 0.195 e. The minimum Gasteiger partial charge on any atom is -0.400 e. The third kappa shape index (κ3) is 4.78. The van der Waals surface area contributed by atoms with Gasteiger partial charge in [-0.1, -0.05) is 55.5 Å². The molecule has 0 atom stereocenters. The van der Waals surface area contributed by atoms with Crippen molar-refractivity contribution in [2.75, 3.05) is 20.7 Å². The second kappa shape index (κ2) is 10.4. The second-order valence-electron chi connectivity index (χ2n) is 5.07. The number of hydrogen-bond donors (Lipinski definition) is 2. The molecule has 4 heteroatoms. The average Bonchev–Trinajstić information content (AvgIpc) is 3.01. The van der Waals surface area contributed by atoms with E-state index in [1.54, 1.807) is 0 Å². The van der Waals surface area contributed by atoms with Crippen molar-refractivity contribution in [1.82, 2.24) is 9.88 Å². The van der Waals surface area contributed by atoms with Crippen molar-refractivity contribution in [2.24, 2.45) is 7.05 Å². The van der Waals surface area contributed by atoms with Crippen LogP contribution < -0.4 is 5.32 Å². The van der Waals surface area contributed by atoms with Gasteiger partial charge in [0.15, 0.2) is 5.78 Å². The average molecular weight is 326 g/mol. The van der Waals surface area contributed by atoms with Gasteiger partial charge in [-0.05, 0) is 19.7 Å². The number of rotatable bonds is 3. The van der Waals surface area contributed by atoms with Crippen LogP contribution in [0.5, 0.6) is 0 Å². The molecule has 2 N–H and O–H groups in total. The molecule has 0 bridgehead atoms. The first-order valence-corrected chi connectivity index (χ1v) is 7.92. The van der Waals surface area contributed by atoms with Gasteiger partial charge in [-0.15, -0.1) is 0 Å². The summed E-state index contributed by atoms with van der Waals surface area (Å²) in [7, 11) is 4.89. The number of nitrogens with zero attached hydrogens (tertiary/aromatic N) is 1. The Kier molecular flexibility index (Phi) is 8.47. The lowest BCUT2D eigenvalue weighted by atomic mass is 10.0. The minimum atomic E-state index is 0.0763. The van der Waals surface area contributed by atoms with Gasteiger partial charge in [0.25, 0.3) is 0 Å². The first-order chi connectivity index (χ1) is 11.7. The Morgan fingerprint density at radius 3 is 2.17 bits per heavy atom. The fourth-order valence-electron chi connectivity index (χ4n) is 2.27. The highest BCUT2D eigenvalue weighted by atomic mass is 16.2. The zero-order chi connectivity index (χ0) is 17.9. The van der Waals surface area contributed by atoms with Crippen LogP contribution in [0.3, 0.4) is 0 Å². The maximum absolute atomic E-state index is 12.5. The summed E-state index contributed by atoms with van der Waals surface area (Å²) in [5, 5.41) is 10.9. The first kappa shape index (κ1) is 19.6. The molecular formula is C20H26N2O2. The number of carbonyl (C=O) groups excluding carboxylic acids is 1. The molecule has 1 heterocycles. The van der Waals surface area contributed by atoms with Gasteiger partial charge in [0.2, 0.25) is 0 Å². The van der Waals surface area contributed by atoms with Crippen molar-refractivity contribution < 1.29 is 9.90 Å². The Hall–Kier alpha value is -2.43. The number of aromatic nitrogens is 1. The lowest BCUT2D eigenvalue weighted by Gasteiger charge is -1.98. The third-order valence-electron chi connectivity index (χ3n) is 3.53. The van der Waals surface area contributed by atoms with Crippen LogP contribution in [-0.2, 0) is 7.05 Å². The summed E-state index contributed by atoms with van der Waals surface area (Å²) in [6.07, 6.45) is 1.90. The summed E-state index contributed by atoms with van der Waals surface area (Å²) in [4.78, 5) is 12.5. The molecule has 0 aliphatic heterocycles. The van der Waals surface area contributed by atoms with E-state index in [9.17, 15) is 4.79 Å². The molecule has 0 radical (unpaired) electrons. The molecule has 0 amide bonds. The molecule has 3 aromatic rings. The van der Waals surface area contributed by atoms with Gasteiger partial charge < -0.3 is 15.0 Å². The van der Waals surface area contributed by atoms with Gasteiger partial charge in [-0.25, -0.2) is 0 Å². The fourth-order valence-corrected chi connectivity index (χ4v) is 2.27. The topological polar surface area (TPSA) is 54.3 Å². The number of benzene rings is 2. The van der Waals surface area contributed by atoms with Crippen LogP contribution in [0.4, 0.5) is 0 Å². The summed E-state index contributed by atoms with van der Waals surface area (Å²) in [6.45, 7) is 3.14. The van der Waals surface area contributed by atoms with E-state index in [2.05, 4.69) is 12.2 Å². The van der Waals surface area contributed by atoms with Gasteiger partial charge >= 0.3 is 0 Å². The van der Waals surface area contributed by atoms with E-state index in [4.69, 9.17) is 5.11 Å². The van der Waals surface area contributed by atoms with Crippen molar-refractivity contribution in [2.45, 2.75) is 6.92 Å². The molecular weight excluding hydrogens is 300 g/mol. The number of aliphatic hydroxyl groups excluding tert-OH is 1. The summed E-state index contributed by atoms with van der Waals surface area (Å²) in [5.74, 6) is 0.0763. The zero-order valence-electron chi connectivity index (χ0n) is 14.8. The van der Waals surface area contributed by atoms with E-state index < -0.39 is 0 Å². The Balaban J connectivity index is 0.000000423. The van der Waals surface area contributed by atoms with Gasteiger partial charge in [0, 0.05) is 42.4 Å². The molecule has 0 fully saturated rings. The Morgan fingerprint density at radius 1 is 1.04 bits per heavy atom. The van der Waals surface area contributed by atoms with Crippen molar-refractivity contribution in [3.8, 4) is 0 Å². The van der Waals surface area contributed by atoms with Crippen molar-refractivity contribution in [1.29, 1.82) is 0 Å². The molecule has 1 aromatic heterocycles. The fraction of sp³-hybridized carbons (Fsp3) is 0.250. The Bertz CT molecular complexity index is 747. The molecule has 0 saturated carbocycles. The maximum Gasteiger partial charge on any atom is 0.195 e. The molecule has 4 nitrogen and oxygen atoms in total. The quantitative estimate of drug-likeness (QED) is 0.727. The second-order valence-corrected chi connectivity index (χ2v) is 5.07. The van der Waals surface area contributed by atoms with E-state index in [-0.39, 0.29) is 5.78 Å². The number of fused-ring (bicyclic) bond motifs is 1. The van der Waals surface area contributed by atoms with Crippen molar-refractivity contribution >= 4 is 16.7 Å². The van der Waals surface area contributed by atoms with E-state index in [0.29, 0.717) is 0 Å². The van der Waals surface area contributed by atoms with Crippen LogP contribution in [-0.4, -0.2) is 36.2 Å². The number of aliphatic hydroxyl groups is 1. The molecule has 0 aliphatic rings. The molecule has 0 unspecified atom stereocenters. The summed E-state index contributed by atoms with van der Waals surface area (Å²) >= 11 is 0. The third-order valence-corrected chi connectivity index (χ3v) is 3.53. The van der Waals surface area contributed by atoms with Crippen LogP contribution in [0, 0.1) is 0 Å². The molecule has 0 spiro atoms. The van der Waals surface area contributed by atoms with Crippen molar-refractivity contribution in [3.05, 3.63) is 71.9 Å². The van der Waals surface area contributed by atoms with Crippen LogP contribution in [0.25, 0.3) is 10.9 Å². The zero-order valence-corrected chi connectivity index (χ0v) is 14.8. The predicted molar refractivity (Wildman–Crippen MR) is 101 cm³/mol. The largest absolute Gasteiger partial charge is 0.400 e. The van der Waals surface area contributed by atoms with Gasteiger partial charge in [-0.3, -0.25) is 4.79 Å². The summed E-state index contributed by atoms with van der Waals surface area (Å²) < 4.78 is 1.99. The normalized spacial score (nSPS) is 9.54. The van der Waals surface area contributed by atoms with E-state index in [1.807, 2.05) is 79.5 Å². The number of hydrogen-bond acceptors (Lipinski definition) is 3. The molecule has 2 aromatic carbocycles. The molecule has 0 aliphatic carbocycles. The predicted octanol–water partition coefficient (Wildman–Crippen LogP) is 3.24. The summed E-state index contributed by atoms with van der Waals surface area (Å²) in [5.41, 5.74) is 2.57. The Labute approximate surface area is 143 Å². The van der Waals surface area contributed by atoms with Crippen LogP contribution >= 0.6 is 0 Å². The van der Waals surface area contributed by atoms with Crippen LogP contribution in [0.1, 0.15) is 22.8 Å². The lowest BCUT2D eigenvalue weighted by molar-refractivity contribution is 0.104. The van der Waals surface area contributed by atoms with Crippen LogP contribution in [0.2, 0.25) is 0 Å². The molecule has 24 heavy (non-hydrogen) atoms. The van der Waals surface area contributed by atoms with Gasteiger partial charge in [-0.2, -0.15) is 0 Å². The first-order valence-electron chi connectivity index (χ1n) is 7.92. The highest BCUT2D eigenvalue weighted by Crippen LogP contribution is 2.22. The molecule has 0 saturated heterocycles. The number of aryl methyl sites for hydroxylation is 1. The van der Waals surface area contributed by atoms with Crippen molar-refractivity contribution in [3.63, 3.8) is 0 Å². The number of para-hydroxylation sites is 1. The standard InChI is InChI=1S/C16H13NO.C3H9N.CH4O/c1-17-11-14(13-9-5-6-10-15(13)17)16(18)12-7-3-2-4-8-12;1-3-4-2;1-2/h2-11H,1H3;4H,3H2,1-2H3;2H,1H3. The highest BCUT2D eigenvalue weighted by molar-refractivity contribution is 6.16. The van der Waals surface area contributed by atoms with Gasteiger partial charge in [0.1, 0.15) is 0 Å². The highest BCUT2D eigenvalue weighted by Gasteiger charge is 2.14. The SMILES string of the molecule is CCNC.CO.Cn1cc(C(=O)c2ccccc2)c2ccccc21. The van der Waals surface area contributed by atoms with Crippen LogP contribution in [0.15, 0.2) is 60.8 Å².